The van der Waals surface area contributed by atoms with Gasteiger partial charge in [0.05, 0.1) is 11.4 Å². The van der Waals surface area contributed by atoms with Crippen molar-refractivity contribution >= 4 is 34.8 Å². The van der Waals surface area contributed by atoms with Gasteiger partial charge in [-0.1, -0.05) is 30.3 Å². The van der Waals surface area contributed by atoms with E-state index in [1.54, 1.807) is 36.4 Å². The molecule has 0 aliphatic heterocycles. The van der Waals surface area contributed by atoms with E-state index in [9.17, 15) is 22.8 Å². The Kier molecular flexibility index (Phi) is 6.44. The molecule has 3 nitrogen and oxygen atoms in total. The van der Waals surface area contributed by atoms with Gasteiger partial charge in [-0.05, 0) is 60.1 Å². The Hall–Kier alpha value is -2.58. The largest absolute Gasteiger partial charge is 0.446 e. The number of benzene rings is 2. The van der Waals surface area contributed by atoms with Crippen molar-refractivity contribution in [3.8, 4) is 11.1 Å². The van der Waals surface area contributed by atoms with Crippen LogP contribution in [0.1, 0.15) is 24.9 Å². The first-order chi connectivity index (χ1) is 13.7. The van der Waals surface area contributed by atoms with E-state index in [1.807, 2.05) is 13.0 Å². The molecular weight excluding hydrogens is 419 g/mol. The lowest BCUT2D eigenvalue weighted by molar-refractivity contribution is -0.0328. The Bertz CT molecular complexity index is 1030. The molecule has 0 bridgehead atoms. The second kappa shape index (κ2) is 8.84. The van der Waals surface area contributed by atoms with Crippen LogP contribution in [-0.2, 0) is 0 Å². The lowest BCUT2D eigenvalue weighted by Crippen LogP contribution is -2.29. The molecular formula is C21H16F3NO2S2. The van der Waals surface area contributed by atoms with Crippen LogP contribution in [0, 0.1) is 6.92 Å². The van der Waals surface area contributed by atoms with Crippen molar-refractivity contribution in [3.05, 3.63) is 76.0 Å². The number of amides is 1. The molecule has 0 saturated carbocycles. The summed E-state index contributed by atoms with van der Waals surface area (Å²) in [6.45, 7) is 1.78. The number of Topliss-reactive ketones (excluding diaryl/α,β-unsaturated/α-hetero) is 1. The molecule has 0 atom stereocenters. The molecule has 0 radical (unpaired) electrons. The van der Waals surface area contributed by atoms with Crippen molar-refractivity contribution in [2.24, 2.45) is 0 Å². The summed E-state index contributed by atoms with van der Waals surface area (Å²) >= 11 is 1.19. The maximum absolute atomic E-state index is 12.8. The van der Waals surface area contributed by atoms with Crippen LogP contribution in [0.2, 0.25) is 0 Å². The van der Waals surface area contributed by atoms with Gasteiger partial charge in [0, 0.05) is 15.3 Å². The highest BCUT2D eigenvalue weighted by Gasteiger charge is 2.30. The molecule has 0 fully saturated rings. The molecule has 1 aromatic heterocycles. The average molecular weight is 435 g/mol. The summed E-state index contributed by atoms with van der Waals surface area (Å²) in [4.78, 5) is 26.0. The van der Waals surface area contributed by atoms with Crippen LogP contribution in [0.5, 0.6) is 0 Å². The van der Waals surface area contributed by atoms with Crippen molar-refractivity contribution in [2.45, 2.75) is 17.3 Å². The summed E-state index contributed by atoms with van der Waals surface area (Å²) < 4.78 is 38.3. The molecule has 0 aliphatic carbocycles. The molecule has 0 unspecified atom stereocenters. The van der Waals surface area contributed by atoms with Crippen molar-refractivity contribution in [1.82, 2.24) is 5.32 Å². The number of hydrogen-bond acceptors (Lipinski definition) is 4. The minimum atomic E-state index is -4.39. The van der Waals surface area contributed by atoms with Crippen LogP contribution in [0.15, 0.2) is 65.6 Å². The monoisotopic (exact) mass is 435 g/mol. The van der Waals surface area contributed by atoms with E-state index in [2.05, 4.69) is 5.32 Å². The van der Waals surface area contributed by atoms with Gasteiger partial charge in [0.25, 0.3) is 5.91 Å². The number of halogens is 3. The fourth-order valence-corrected chi connectivity index (χ4v) is 4.15. The highest BCUT2D eigenvalue weighted by molar-refractivity contribution is 8.00. The predicted octanol–water partition coefficient (Wildman–Crippen LogP) is 5.95. The first kappa shape index (κ1) is 21.1. The Morgan fingerprint density at radius 2 is 1.69 bits per heavy atom. The molecule has 0 aliphatic rings. The zero-order valence-electron chi connectivity index (χ0n) is 15.2. The molecule has 1 N–H and O–H groups in total. The smallest absolute Gasteiger partial charge is 0.345 e. The lowest BCUT2D eigenvalue weighted by atomic mass is 10.0. The van der Waals surface area contributed by atoms with Crippen LogP contribution in [0.25, 0.3) is 11.1 Å². The Labute approximate surface area is 174 Å². The number of thioether (sulfide) groups is 1. The molecule has 8 heteroatoms. The fourth-order valence-electron chi connectivity index (χ4n) is 2.65. The maximum Gasteiger partial charge on any atom is 0.446 e. The standard InChI is InChI=1S/C21H16F3NO2S2/c1-13-6-11-19(28-13)17(26)12-25-20(27)15-9-7-14(8-10-15)16-4-2-3-5-18(16)29-21(22,23)24/h2-11H,12H2,1H3,(H,25,27). The third kappa shape index (κ3) is 5.71. The third-order valence-electron chi connectivity index (χ3n) is 4.00. The zero-order chi connectivity index (χ0) is 21.0. The van der Waals surface area contributed by atoms with E-state index in [0.717, 1.165) is 4.88 Å². The molecule has 1 heterocycles. The summed E-state index contributed by atoms with van der Waals surface area (Å²) in [6, 6.07) is 16.0. The molecule has 3 rings (SSSR count). The zero-order valence-corrected chi connectivity index (χ0v) is 16.9. The maximum atomic E-state index is 12.8. The van der Waals surface area contributed by atoms with Crippen LogP contribution < -0.4 is 5.32 Å². The Morgan fingerprint density at radius 1 is 1.00 bits per heavy atom. The summed E-state index contributed by atoms with van der Waals surface area (Å²) in [5, 5.41) is 2.57. The Balaban J connectivity index is 1.69. The number of nitrogens with one attached hydrogen (secondary N) is 1. The van der Waals surface area contributed by atoms with Crippen molar-refractivity contribution in [2.75, 3.05) is 6.54 Å². The summed E-state index contributed by atoms with van der Waals surface area (Å²) in [5.74, 6) is -0.595. The third-order valence-corrected chi connectivity index (χ3v) is 5.84. The minimum absolute atomic E-state index is 0.0917. The molecule has 0 spiro atoms. The normalized spacial score (nSPS) is 11.3. The van der Waals surface area contributed by atoms with Crippen molar-refractivity contribution in [1.29, 1.82) is 0 Å². The van der Waals surface area contributed by atoms with E-state index in [-0.39, 0.29) is 29.0 Å². The average Bonchev–Trinajstić information content (AvgIpc) is 3.12. The highest BCUT2D eigenvalue weighted by Crippen LogP contribution is 2.41. The summed E-state index contributed by atoms with van der Waals surface area (Å²) in [7, 11) is 0. The second-order valence-corrected chi connectivity index (χ2v) is 8.53. The molecule has 1 amide bonds. The predicted molar refractivity (Wildman–Crippen MR) is 110 cm³/mol. The van der Waals surface area contributed by atoms with Crippen LogP contribution >= 0.6 is 23.1 Å². The van der Waals surface area contributed by atoms with Crippen LogP contribution in [0.4, 0.5) is 13.2 Å². The number of thiophene rings is 1. The van der Waals surface area contributed by atoms with Gasteiger partial charge in [-0.25, -0.2) is 0 Å². The summed E-state index contributed by atoms with van der Waals surface area (Å²) in [5.41, 5.74) is -3.06. The van der Waals surface area contributed by atoms with E-state index in [1.165, 1.54) is 29.5 Å². The van der Waals surface area contributed by atoms with Gasteiger partial charge in [0.2, 0.25) is 0 Å². The van der Waals surface area contributed by atoms with Gasteiger partial charge in [-0.2, -0.15) is 13.2 Å². The quantitative estimate of drug-likeness (QED) is 0.385. The number of aryl methyl sites for hydroxylation is 1. The summed E-state index contributed by atoms with van der Waals surface area (Å²) in [6.07, 6.45) is 0. The first-order valence-corrected chi connectivity index (χ1v) is 10.2. The number of alkyl halides is 3. The van der Waals surface area contributed by atoms with Crippen LogP contribution in [0.3, 0.4) is 0 Å². The number of ketones is 1. The van der Waals surface area contributed by atoms with Gasteiger partial charge < -0.3 is 5.32 Å². The molecule has 150 valence electrons. The number of rotatable bonds is 6. The second-order valence-electron chi connectivity index (χ2n) is 6.14. The van der Waals surface area contributed by atoms with Gasteiger partial charge >= 0.3 is 5.51 Å². The fraction of sp³-hybridized carbons (Fsp3) is 0.143. The van der Waals surface area contributed by atoms with Gasteiger partial charge in [-0.15, -0.1) is 11.3 Å². The number of carbonyl (C=O) groups excluding carboxylic acids is 2. The number of hydrogen-bond donors (Lipinski definition) is 1. The molecule has 3 aromatic rings. The number of carbonyl (C=O) groups is 2. The SMILES string of the molecule is Cc1ccc(C(=O)CNC(=O)c2ccc(-c3ccccc3SC(F)(F)F)cc2)s1. The Morgan fingerprint density at radius 3 is 2.31 bits per heavy atom. The van der Waals surface area contributed by atoms with E-state index in [0.29, 0.717) is 21.6 Å². The van der Waals surface area contributed by atoms with Gasteiger partial charge in [0.15, 0.2) is 5.78 Å². The highest BCUT2D eigenvalue weighted by atomic mass is 32.2. The minimum Gasteiger partial charge on any atom is -0.345 e. The molecule has 29 heavy (non-hydrogen) atoms. The topological polar surface area (TPSA) is 46.2 Å². The van der Waals surface area contributed by atoms with E-state index >= 15 is 0 Å². The van der Waals surface area contributed by atoms with Gasteiger partial charge in [0.1, 0.15) is 0 Å². The van der Waals surface area contributed by atoms with Crippen LogP contribution in [-0.4, -0.2) is 23.7 Å². The van der Waals surface area contributed by atoms with E-state index in [4.69, 9.17) is 0 Å². The van der Waals surface area contributed by atoms with Crippen molar-refractivity contribution in [3.63, 3.8) is 0 Å². The molecule has 0 saturated heterocycles. The van der Waals surface area contributed by atoms with Crippen molar-refractivity contribution < 1.29 is 22.8 Å². The lowest BCUT2D eigenvalue weighted by Gasteiger charge is -2.11. The first-order valence-electron chi connectivity index (χ1n) is 8.56. The molecule has 2 aromatic carbocycles. The van der Waals surface area contributed by atoms with Gasteiger partial charge in [-0.3, -0.25) is 9.59 Å². The van der Waals surface area contributed by atoms with E-state index < -0.39 is 11.4 Å².